The van der Waals surface area contributed by atoms with Crippen molar-refractivity contribution in [2.45, 2.75) is 13.0 Å². The Labute approximate surface area is 150 Å². The van der Waals surface area contributed by atoms with Crippen molar-refractivity contribution in [3.8, 4) is 11.1 Å². The molecule has 0 bridgehead atoms. The average molecular weight is 357 g/mol. The highest BCUT2D eigenvalue weighted by Gasteiger charge is 2.18. The van der Waals surface area contributed by atoms with Crippen LogP contribution in [0.2, 0.25) is 0 Å². The number of nitrogens with two attached hydrogens (primary N) is 1. The molecule has 3 aromatic rings. The molecule has 1 aliphatic heterocycles. The molecule has 1 saturated heterocycles. The Morgan fingerprint density at radius 1 is 1.16 bits per heavy atom. The maximum absolute atomic E-state index is 14.3. The van der Waals surface area contributed by atoms with E-state index in [2.05, 4.69) is 41.1 Å². The number of halogens is 1. The fourth-order valence-electron chi connectivity index (χ4n) is 3.30. The van der Waals surface area contributed by atoms with Gasteiger partial charge in [0.25, 0.3) is 0 Å². The molecule has 2 aromatic carbocycles. The first-order valence-corrected chi connectivity index (χ1v) is 9.21. The van der Waals surface area contributed by atoms with Gasteiger partial charge in [-0.1, -0.05) is 35.6 Å². The van der Waals surface area contributed by atoms with Crippen LogP contribution in [0.15, 0.2) is 36.4 Å². The minimum absolute atomic E-state index is 0.328. The number of anilines is 1. The topological polar surface area (TPSA) is 51.4 Å². The molecule has 0 aliphatic carbocycles. The number of hydrogen-bond donors (Lipinski definition) is 1. The number of morpholine rings is 1. The first-order chi connectivity index (χ1) is 12.1. The smallest absolute Gasteiger partial charge is 0.181 e. The van der Waals surface area contributed by atoms with Crippen molar-refractivity contribution in [2.75, 3.05) is 32.0 Å². The van der Waals surface area contributed by atoms with Crippen molar-refractivity contribution in [1.82, 2.24) is 9.88 Å². The summed E-state index contributed by atoms with van der Waals surface area (Å²) in [5.74, 6) is -0.328. The van der Waals surface area contributed by atoms with E-state index in [1.807, 2.05) is 6.07 Å². The Morgan fingerprint density at radius 2 is 1.88 bits per heavy atom. The van der Waals surface area contributed by atoms with E-state index in [4.69, 9.17) is 10.5 Å². The second-order valence-corrected chi connectivity index (χ2v) is 7.37. The van der Waals surface area contributed by atoms with Gasteiger partial charge in [-0.15, -0.1) is 0 Å². The van der Waals surface area contributed by atoms with Gasteiger partial charge in [0.05, 0.1) is 17.9 Å². The summed E-state index contributed by atoms with van der Waals surface area (Å²) in [5, 5.41) is 0.390. The minimum Gasteiger partial charge on any atom is -0.379 e. The summed E-state index contributed by atoms with van der Waals surface area (Å²) in [6, 6.07) is 12.2. The molecular formula is C19H20FN3OS. The predicted octanol–water partition coefficient (Wildman–Crippen LogP) is 4.08. The maximum Gasteiger partial charge on any atom is 0.181 e. The van der Waals surface area contributed by atoms with E-state index >= 15 is 0 Å². The fourth-order valence-corrected chi connectivity index (χ4v) is 4.09. The lowest BCUT2D eigenvalue weighted by molar-refractivity contribution is 0.0198. The highest BCUT2D eigenvalue weighted by molar-refractivity contribution is 7.22. The first kappa shape index (κ1) is 16.4. The average Bonchev–Trinajstić information content (AvgIpc) is 3.03. The predicted molar refractivity (Wildman–Crippen MR) is 100 cm³/mol. The van der Waals surface area contributed by atoms with Crippen LogP contribution in [0.4, 0.5) is 9.52 Å². The molecule has 0 amide bonds. The maximum atomic E-state index is 14.3. The van der Waals surface area contributed by atoms with Crippen LogP contribution in [0.5, 0.6) is 0 Å². The van der Waals surface area contributed by atoms with Gasteiger partial charge >= 0.3 is 0 Å². The number of aromatic nitrogens is 1. The number of ether oxygens (including phenoxy) is 1. The zero-order valence-electron chi connectivity index (χ0n) is 14.0. The van der Waals surface area contributed by atoms with Crippen molar-refractivity contribution < 1.29 is 9.13 Å². The van der Waals surface area contributed by atoms with Crippen LogP contribution in [0, 0.1) is 5.82 Å². The highest BCUT2D eigenvalue weighted by Crippen LogP contribution is 2.32. The van der Waals surface area contributed by atoms with Crippen molar-refractivity contribution >= 4 is 26.7 Å². The molecular weight excluding hydrogens is 337 g/mol. The summed E-state index contributed by atoms with van der Waals surface area (Å²) in [7, 11) is 0. The van der Waals surface area contributed by atoms with E-state index < -0.39 is 0 Å². The SMILES string of the molecule is C[C@H](c1ccc(-c2cc(F)c3nc(N)sc3c2)cc1)N1CCOCC1. The summed E-state index contributed by atoms with van der Waals surface area (Å²) in [5.41, 5.74) is 9.15. The van der Waals surface area contributed by atoms with E-state index in [9.17, 15) is 4.39 Å². The molecule has 1 fully saturated rings. The summed E-state index contributed by atoms with van der Waals surface area (Å²) < 4.78 is 20.5. The number of benzene rings is 2. The molecule has 2 N–H and O–H groups in total. The summed E-state index contributed by atoms with van der Waals surface area (Å²) in [4.78, 5) is 6.46. The van der Waals surface area contributed by atoms with E-state index in [0.29, 0.717) is 16.7 Å². The van der Waals surface area contributed by atoms with Gasteiger partial charge in [-0.25, -0.2) is 9.37 Å². The summed E-state index contributed by atoms with van der Waals surface area (Å²) in [6.45, 7) is 5.71. The fraction of sp³-hybridized carbons (Fsp3) is 0.316. The lowest BCUT2D eigenvalue weighted by atomic mass is 10.0. The molecule has 2 heterocycles. The number of rotatable bonds is 3. The zero-order valence-corrected chi connectivity index (χ0v) is 14.9. The number of fused-ring (bicyclic) bond motifs is 1. The molecule has 1 aliphatic rings. The van der Waals surface area contributed by atoms with Crippen LogP contribution in [0.1, 0.15) is 18.5 Å². The van der Waals surface area contributed by atoms with Crippen LogP contribution in [0.3, 0.4) is 0 Å². The van der Waals surface area contributed by atoms with Crippen LogP contribution >= 0.6 is 11.3 Å². The Kier molecular flexibility index (Phi) is 4.41. The molecule has 4 nitrogen and oxygen atoms in total. The van der Waals surface area contributed by atoms with Gasteiger partial charge < -0.3 is 10.5 Å². The van der Waals surface area contributed by atoms with Crippen molar-refractivity contribution in [3.63, 3.8) is 0 Å². The van der Waals surface area contributed by atoms with Gasteiger partial charge in [0.15, 0.2) is 10.9 Å². The molecule has 0 unspecified atom stereocenters. The van der Waals surface area contributed by atoms with Gasteiger partial charge in [0.1, 0.15) is 5.52 Å². The zero-order chi connectivity index (χ0) is 17.4. The van der Waals surface area contributed by atoms with Crippen molar-refractivity contribution in [3.05, 3.63) is 47.8 Å². The normalized spacial score (nSPS) is 17.0. The van der Waals surface area contributed by atoms with Crippen molar-refractivity contribution in [2.24, 2.45) is 0 Å². The molecule has 25 heavy (non-hydrogen) atoms. The van der Waals surface area contributed by atoms with Crippen LogP contribution in [-0.2, 0) is 4.74 Å². The monoisotopic (exact) mass is 357 g/mol. The molecule has 0 spiro atoms. The second-order valence-electron chi connectivity index (χ2n) is 6.30. The number of hydrogen-bond acceptors (Lipinski definition) is 5. The van der Waals surface area contributed by atoms with Gasteiger partial charge in [0.2, 0.25) is 0 Å². The first-order valence-electron chi connectivity index (χ1n) is 8.39. The Balaban J connectivity index is 1.61. The number of thiazole rings is 1. The highest BCUT2D eigenvalue weighted by atomic mass is 32.1. The lowest BCUT2D eigenvalue weighted by Gasteiger charge is -2.32. The Hall–Kier alpha value is -2.02. The summed E-state index contributed by atoms with van der Waals surface area (Å²) >= 11 is 1.31. The number of nitrogen functional groups attached to an aromatic ring is 1. The van der Waals surface area contributed by atoms with Crippen LogP contribution in [0.25, 0.3) is 21.3 Å². The van der Waals surface area contributed by atoms with E-state index in [1.54, 1.807) is 0 Å². The molecule has 1 aromatic heterocycles. The molecule has 0 saturated carbocycles. The third kappa shape index (κ3) is 3.25. The largest absolute Gasteiger partial charge is 0.379 e. The van der Waals surface area contributed by atoms with Gasteiger partial charge in [-0.05, 0) is 35.7 Å². The lowest BCUT2D eigenvalue weighted by Crippen LogP contribution is -2.37. The van der Waals surface area contributed by atoms with Gasteiger partial charge in [-0.2, -0.15) is 0 Å². The standard InChI is InChI=1S/C19H20FN3OS/c1-12(23-6-8-24-9-7-23)13-2-4-14(5-3-13)15-10-16(20)18-17(11-15)25-19(21)22-18/h2-5,10-12H,6-9H2,1H3,(H2,21,22)/t12-/m1/s1. The third-order valence-corrected chi connectivity index (χ3v) is 5.62. The Morgan fingerprint density at radius 3 is 2.60 bits per heavy atom. The summed E-state index contributed by atoms with van der Waals surface area (Å²) in [6.07, 6.45) is 0. The van der Waals surface area contributed by atoms with E-state index in [0.717, 1.165) is 42.1 Å². The van der Waals surface area contributed by atoms with Gasteiger partial charge in [-0.3, -0.25) is 4.90 Å². The van der Waals surface area contributed by atoms with Crippen molar-refractivity contribution in [1.29, 1.82) is 0 Å². The molecule has 6 heteroatoms. The third-order valence-electron chi connectivity index (χ3n) is 4.78. The molecule has 4 rings (SSSR count). The van der Waals surface area contributed by atoms with Crippen LogP contribution in [-0.4, -0.2) is 36.2 Å². The van der Waals surface area contributed by atoms with Crippen LogP contribution < -0.4 is 5.73 Å². The minimum atomic E-state index is -0.328. The quantitative estimate of drug-likeness (QED) is 0.767. The Bertz CT molecular complexity index is 888. The molecule has 130 valence electrons. The van der Waals surface area contributed by atoms with E-state index in [-0.39, 0.29) is 5.82 Å². The van der Waals surface area contributed by atoms with Gasteiger partial charge in [0, 0.05) is 19.1 Å². The number of nitrogens with zero attached hydrogens (tertiary/aromatic N) is 2. The molecule has 0 radical (unpaired) electrons. The van der Waals surface area contributed by atoms with E-state index in [1.165, 1.54) is 23.0 Å². The molecule has 1 atom stereocenters. The second kappa shape index (κ2) is 6.71.